The summed E-state index contributed by atoms with van der Waals surface area (Å²) in [5, 5.41) is 2.62. The molecule has 266 valence electrons. The number of hydrogen-bond acceptors (Lipinski definition) is 9. The van der Waals surface area contributed by atoms with Gasteiger partial charge in [0.05, 0.1) is 22.7 Å². The summed E-state index contributed by atoms with van der Waals surface area (Å²) in [6.45, 7) is -0.103. The van der Waals surface area contributed by atoms with Crippen molar-refractivity contribution in [1.82, 2.24) is 25.2 Å². The number of piperazine rings is 1. The van der Waals surface area contributed by atoms with Crippen molar-refractivity contribution in [1.29, 1.82) is 0 Å². The molecule has 19 heteroatoms. The van der Waals surface area contributed by atoms with Gasteiger partial charge < -0.3 is 30.3 Å². The number of halogens is 10. The van der Waals surface area contributed by atoms with Crippen LogP contribution in [-0.2, 0) is 6.18 Å². The number of nitrogen functional groups attached to an aromatic ring is 1. The quantitative estimate of drug-likeness (QED) is 0.255. The molecule has 7 rings (SSSR count). The van der Waals surface area contributed by atoms with E-state index in [4.69, 9.17) is 15.2 Å². The van der Waals surface area contributed by atoms with E-state index in [1.54, 1.807) is 14.1 Å². The van der Waals surface area contributed by atoms with Crippen LogP contribution in [0.4, 0.5) is 55.4 Å². The summed E-state index contributed by atoms with van der Waals surface area (Å²) >= 11 is 0. The molecule has 3 aliphatic heterocycles. The lowest BCUT2D eigenvalue weighted by molar-refractivity contribution is -0.203. The fraction of sp³-hybridized carbons (Fsp3) is 0.567. The molecule has 2 bridgehead atoms. The summed E-state index contributed by atoms with van der Waals surface area (Å²) in [6.07, 6.45) is -12.8. The number of nitrogens with zero attached hydrogens (tertiary/aromatic N) is 5. The van der Waals surface area contributed by atoms with Crippen LogP contribution in [0.15, 0.2) is 6.07 Å². The number of benzene rings is 1. The molecule has 5 heterocycles. The maximum Gasteiger partial charge on any atom is 0.427 e. The number of fused-ring (bicyclic) bond motifs is 5. The molecule has 3 N–H and O–H groups in total. The third kappa shape index (κ3) is 5.34. The van der Waals surface area contributed by atoms with Gasteiger partial charge >= 0.3 is 18.4 Å². The van der Waals surface area contributed by atoms with Crippen LogP contribution >= 0.6 is 0 Å². The van der Waals surface area contributed by atoms with Crippen LogP contribution in [0.3, 0.4) is 0 Å². The normalized spacial score (nSPS) is 27.3. The fourth-order valence-corrected chi connectivity index (χ4v) is 7.47. The molecule has 1 unspecified atom stereocenters. The molecule has 2 saturated heterocycles. The molecule has 1 aliphatic carbocycles. The van der Waals surface area contributed by atoms with Crippen LogP contribution in [-0.4, -0.2) is 90.0 Å². The second-order valence-electron chi connectivity index (χ2n) is 13.4. The number of aromatic nitrogens is 3. The van der Waals surface area contributed by atoms with E-state index in [-0.39, 0.29) is 24.9 Å². The molecular formula is C30H29F10N7O2. The van der Waals surface area contributed by atoms with Crippen molar-refractivity contribution >= 4 is 22.4 Å². The molecule has 49 heavy (non-hydrogen) atoms. The van der Waals surface area contributed by atoms with E-state index in [0.29, 0.717) is 18.9 Å². The lowest BCUT2D eigenvalue weighted by Crippen LogP contribution is -2.66. The van der Waals surface area contributed by atoms with E-state index in [1.165, 1.54) is 9.80 Å². The van der Waals surface area contributed by atoms with E-state index in [0.717, 1.165) is 6.92 Å². The molecular weight excluding hydrogens is 680 g/mol. The Kier molecular flexibility index (Phi) is 7.42. The third-order valence-electron chi connectivity index (χ3n) is 9.69. The molecule has 4 aliphatic rings. The number of hydrogen-bond donors (Lipinski definition) is 2. The average Bonchev–Trinajstić information content (AvgIpc) is 3.36. The predicted octanol–water partition coefficient (Wildman–Crippen LogP) is 5.48. The molecule has 0 radical (unpaired) electrons. The predicted molar refractivity (Wildman–Crippen MR) is 154 cm³/mol. The van der Waals surface area contributed by atoms with Gasteiger partial charge in [0, 0.05) is 37.2 Å². The minimum absolute atomic E-state index is 0.0694. The Balaban J connectivity index is 1.48. The van der Waals surface area contributed by atoms with Crippen molar-refractivity contribution in [3.63, 3.8) is 0 Å². The summed E-state index contributed by atoms with van der Waals surface area (Å²) in [5.74, 6) is -7.40. The number of pyridine rings is 1. The molecule has 0 spiro atoms. The van der Waals surface area contributed by atoms with Crippen LogP contribution < -0.4 is 25.4 Å². The Bertz CT molecular complexity index is 1850. The zero-order valence-electron chi connectivity index (χ0n) is 26.0. The standard InChI is InChI=1S/C30H29F10N7O2/c1-11-17(29(35,36)37)13(6-14(41)18(11)31)20-19(32)21-16-24(45-26(44-21)48-10-27(9-46(2)3)8-28(27,33)34)47-7-12-4-5-15(42-12)22(47)23(30(38,39)40)49-25(16)43-20/h6,12,15,22-23,42H,4-5,7-10,41H2,1-3H3/t12-,15+,22+,23-,27?/m1/s1. The fourth-order valence-electron chi connectivity index (χ4n) is 7.47. The highest BCUT2D eigenvalue weighted by atomic mass is 19.4. The summed E-state index contributed by atoms with van der Waals surface area (Å²) < 4.78 is 159. The van der Waals surface area contributed by atoms with Gasteiger partial charge in [-0.1, -0.05) is 0 Å². The van der Waals surface area contributed by atoms with E-state index in [1.807, 2.05) is 0 Å². The molecule has 9 nitrogen and oxygen atoms in total. The van der Waals surface area contributed by atoms with Gasteiger partial charge in [-0.3, -0.25) is 0 Å². The molecule has 2 aromatic heterocycles. The molecule has 3 fully saturated rings. The molecule has 1 saturated carbocycles. The lowest BCUT2D eigenvalue weighted by atomic mass is 9.96. The highest BCUT2D eigenvalue weighted by Crippen LogP contribution is 2.61. The van der Waals surface area contributed by atoms with Crippen molar-refractivity contribution < 1.29 is 53.4 Å². The smallest absolute Gasteiger partial charge is 0.427 e. The first-order valence-corrected chi connectivity index (χ1v) is 15.2. The maximum absolute atomic E-state index is 16.7. The Hall–Kier alpha value is -3.87. The van der Waals surface area contributed by atoms with Crippen molar-refractivity contribution in [2.75, 3.05) is 44.4 Å². The zero-order valence-corrected chi connectivity index (χ0v) is 26.0. The zero-order chi connectivity index (χ0) is 35.6. The first-order valence-electron chi connectivity index (χ1n) is 15.2. The monoisotopic (exact) mass is 709 g/mol. The Morgan fingerprint density at radius 2 is 1.78 bits per heavy atom. The van der Waals surface area contributed by atoms with E-state index in [9.17, 15) is 39.5 Å². The second kappa shape index (κ2) is 10.8. The second-order valence-corrected chi connectivity index (χ2v) is 13.4. The van der Waals surface area contributed by atoms with Crippen molar-refractivity contribution in [2.24, 2.45) is 5.41 Å². The minimum Gasteiger partial charge on any atom is -0.463 e. The van der Waals surface area contributed by atoms with Crippen molar-refractivity contribution in [3.8, 4) is 23.1 Å². The number of ether oxygens (including phenoxy) is 2. The summed E-state index contributed by atoms with van der Waals surface area (Å²) in [5.41, 5.74) is -2.66. The average molecular weight is 710 g/mol. The van der Waals surface area contributed by atoms with Crippen molar-refractivity contribution in [3.05, 3.63) is 28.8 Å². The molecule has 0 amide bonds. The Morgan fingerprint density at radius 1 is 1.08 bits per heavy atom. The number of anilines is 2. The van der Waals surface area contributed by atoms with Crippen LogP contribution in [0.5, 0.6) is 11.9 Å². The maximum atomic E-state index is 16.7. The molecule has 1 aromatic carbocycles. The first kappa shape index (κ1) is 33.6. The van der Waals surface area contributed by atoms with Crippen LogP contribution in [0.2, 0.25) is 0 Å². The van der Waals surface area contributed by atoms with Crippen LogP contribution in [0.25, 0.3) is 22.2 Å². The van der Waals surface area contributed by atoms with Gasteiger partial charge in [0.25, 0.3) is 5.92 Å². The summed E-state index contributed by atoms with van der Waals surface area (Å²) in [4.78, 5) is 14.9. The highest BCUT2D eigenvalue weighted by molar-refractivity contribution is 5.97. The number of nitrogens with one attached hydrogen (secondary N) is 1. The lowest BCUT2D eigenvalue weighted by Gasteiger charge is -2.43. The number of nitrogens with two attached hydrogens (primary N) is 1. The third-order valence-corrected chi connectivity index (χ3v) is 9.69. The SMILES string of the molecule is Cc1c(F)c(N)cc(-c2nc3c4c(nc(OCC5(CN(C)C)CC5(F)F)nc4c2F)N2C[C@H]4CC[C@H](N4)[C@H]2[C@H](C(F)(F)F)O3)c1C(F)(F)F. The first-order chi connectivity index (χ1) is 22.7. The van der Waals surface area contributed by atoms with Gasteiger partial charge in [-0.05, 0) is 45.5 Å². The van der Waals surface area contributed by atoms with Gasteiger partial charge in [0.15, 0.2) is 5.82 Å². The van der Waals surface area contributed by atoms with E-state index < -0.39 is 117 Å². The van der Waals surface area contributed by atoms with Gasteiger partial charge in [-0.15, -0.1) is 0 Å². The van der Waals surface area contributed by atoms with Crippen LogP contribution in [0, 0.1) is 24.0 Å². The van der Waals surface area contributed by atoms with Gasteiger partial charge in [-0.25, -0.2) is 22.5 Å². The number of alkyl halides is 8. The molecule has 5 atom stereocenters. The van der Waals surface area contributed by atoms with Crippen molar-refractivity contribution in [2.45, 2.75) is 68.7 Å². The Morgan fingerprint density at radius 3 is 2.39 bits per heavy atom. The Labute approximate surface area is 271 Å². The molecule has 3 aromatic rings. The highest BCUT2D eigenvalue weighted by Gasteiger charge is 2.71. The van der Waals surface area contributed by atoms with Gasteiger partial charge in [0.2, 0.25) is 12.0 Å². The van der Waals surface area contributed by atoms with Gasteiger partial charge in [-0.2, -0.15) is 36.3 Å². The number of rotatable bonds is 6. The van der Waals surface area contributed by atoms with Crippen LogP contribution in [0.1, 0.15) is 30.4 Å². The van der Waals surface area contributed by atoms with E-state index >= 15 is 4.39 Å². The topological polar surface area (TPSA) is 102 Å². The largest absolute Gasteiger partial charge is 0.463 e. The minimum atomic E-state index is -5.30. The summed E-state index contributed by atoms with van der Waals surface area (Å²) in [6, 6.07) is -2.85. The summed E-state index contributed by atoms with van der Waals surface area (Å²) in [7, 11) is 3.13. The van der Waals surface area contributed by atoms with Gasteiger partial charge in [0.1, 0.15) is 34.8 Å². The van der Waals surface area contributed by atoms with E-state index in [2.05, 4.69) is 20.3 Å².